The summed E-state index contributed by atoms with van der Waals surface area (Å²) in [5.74, 6) is -0.771. The normalized spacial score (nSPS) is 16.7. The molecule has 28 heavy (non-hydrogen) atoms. The van der Waals surface area contributed by atoms with Crippen LogP contribution in [0.15, 0.2) is 54.6 Å². The summed E-state index contributed by atoms with van der Waals surface area (Å²) < 4.78 is 10.2. The van der Waals surface area contributed by atoms with Crippen molar-refractivity contribution in [3.05, 3.63) is 71.3 Å². The summed E-state index contributed by atoms with van der Waals surface area (Å²) >= 11 is 0. The molecule has 1 heterocycles. The predicted octanol–water partition coefficient (Wildman–Crippen LogP) is 2.38. The molecule has 1 amide bonds. The molecule has 3 rings (SSSR count). The van der Waals surface area contributed by atoms with E-state index < -0.39 is 5.97 Å². The summed E-state index contributed by atoms with van der Waals surface area (Å²) in [5.41, 5.74) is 2.65. The number of hydrogen-bond acceptors (Lipinski definition) is 5. The number of benzene rings is 2. The van der Waals surface area contributed by atoms with E-state index in [9.17, 15) is 9.59 Å². The molecule has 6 nitrogen and oxygen atoms in total. The van der Waals surface area contributed by atoms with Crippen molar-refractivity contribution in [3.63, 3.8) is 0 Å². The van der Waals surface area contributed by atoms with Crippen molar-refractivity contribution in [2.45, 2.75) is 25.6 Å². The molecule has 0 aliphatic carbocycles. The van der Waals surface area contributed by atoms with Gasteiger partial charge in [-0.1, -0.05) is 42.5 Å². The van der Waals surface area contributed by atoms with Crippen molar-refractivity contribution < 1.29 is 19.1 Å². The van der Waals surface area contributed by atoms with Gasteiger partial charge in [0.05, 0.1) is 12.2 Å². The van der Waals surface area contributed by atoms with Crippen LogP contribution in [0.2, 0.25) is 0 Å². The van der Waals surface area contributed by atoms with E-state index in [1.54, 1.807) is 31.4 Å². The Morgan fingerprint density at radius 2 is 1.82 bits per heavy atom. The van der Waals surface area contributed by atoms with Gasteiger partial charge in [-0.25, -0.2) is 4.79 Å². The van der Waals surface area contributed by atoms with Gasteiger partial charge in [-0.05, 0) is 29.7 Å². The number of hydrogen-bond donors (Lipinski definition) is 1. The monoisotopic (exact) mass is 382 g/mol. The molecular weight excluding hydrogens is 356 g/mol. The van der Waals surface area contributed by atoms with Gasteiger partial charge in [0.25, 0.3) is 5.91 Å². The highest BCUT2D eigenvalue weighted by molar-refractivity contribution is 5.91. The van der Waals surface area contributed by atoms with Gasteiger partial charge in [-0.3, -0.25) is 9.69 Å². The van der Waals surface area contributed by atoms with Gasteiger partial charge in [-0.2, -0.15) is 0 Å². The van der Waals surface area contributed by atoms with E-state index in [0.29, 0.717) is 12.2 Å². The first-order chi connectivity index (χ1) is 13.6. The van der Waals surface area contributed by atoms with E-state index in [4.69, 9.17) is 9.47 Å². The summed E-state index contributed by atoms with van der Waals surface area (Å²) in [5, 5.41) is 2.95. The van der Waals surface area contributed by atoms with Crippen molar-refractivity contribution in [2.75, 3.05) is 26.8 Å². The van der Waals surface area contributed by atoms with Crippen molar-refractivity contribution >= 4 is 11.9 Å². The fourth-order valence-corrected chi connectivity index (χ4v) is 3.32. The molecule has 1 aliphatic heterocycles. The fraction of sp³-hybridized carbons (Fsp3) is 0.364. The minimum absolute atomic E-state index is 0.0863. The van der Waals surface area contributed by atoms with Crippen LogP contribution in [0.3, 0.4) is 0 Å². The number of esters is 1. The highest BCUT2D eigenvalue weighted by Gasteiger charge is 2.24. The van der Waals surface area contributed by atoms with E-state index in [0.717, 1.165) is 31.6 Å². The van der Waals surface area contributed by atoms with Crippen molar-refractivity contribution in [3.8, 4) is 0 Å². The summed E-state index contributed by atoms with van der Waals surface area (Å²) in [4.78, 5) is 26.5. The number of rotatable bonds is 8. The van der Waals surface area contributed by atoms with E-state index >= 15 is 0 Å². The van der Waals surface area contributed by atoms with Crippen LogP contribution in [0, 0.1) is 0 Å². The average molecular weight is 382 g/mol. The third kappa shape index (κ3) is 5.90. The van der Waals surface area contributed by atoms with Crippen molar-refractivity contribution in [2.24, 2.45) is 0 Å². The zero-order valence-electron chi connectivity index (χ0n) is 16.1. The number of nitrogens with zero attached hydrogens (tertiary/aromatic N) is 1. The third-order valence-electron chi connectivity index (χ3n) is 4.72. The molecule has 6 heteroatoms. The van der Waals surface area contributed by atoms with Crippen LogP contribution in [0.5, 0.6) is 0 Å². The topological polar surface area (TPSA) is 67.9 Å². The van der Waals surface area contributed by atoms with Gasteiger partial charge in [-0.15, -0.1) is 0 Å². The number of carbonyl (C=O) groups excluding carboxylic acids is 2. The highest BCUT2D eigenvalue weighted by Crippen LogP contribution is 2.13. The van der Waals surface area contributed by atoms with Crippen LogP contribution in [-0.4, -0.2) is 49.6 Å². The number of likely N-dealkylation sites (tertiary alicyclic amines) is 1. The quantitative estimate of drug-likeness (QED) is 0.710. The Morgan fingerprint density at radius 1 is 1.07 bits per heavy atom. The van der Waals surface area contributed by atoms with Crippen molar-refractivity contribution in [1.29, 1.82) is 0 Å². The lowest BCUT2D eigenvalue weighted by molar-refractivity contribution is -0.124. The number of nitrogens with one attached hydrogen (secondary N) is 1. The molecule has 1 atom stereocenters. The van der Waals surface area contributed by atoms with Crippen LogP contribution in [0.4, 0.5) is 0 Å². The zero-order valence-corrected chi connectivity index (χ0v) is 16.1. The van der Waals surface area contributed by atoms with E-state index in [2.05, 4.69) is 22.3 Å². The van der Waals surface area contributed by atoms with Gasteiger partial charge in [0.15, 0.2) is 6.61 Å². The SMILES string of the molecule is COCc1ccc(C(=O)OCC(=O)NC2CCN(Cc3ccccc3)C2)cc1. The Morgan fingerprint density at radius 3 is 2.54 bits per heavy atom. The zero-order chi connectivity index (χ0) is 19.8. The van der Waals surface area contributed by atoms with E-state index in [1.807, 2.05) is 18.2 Å². The molecule has 0 radical (unpaired) electrons. The average Bonchev–Trinajstić information content (AvgIpc) is 3.14. The van der Waals surface area contributed by atoms with E-state index in [1.165, 1.54) is 5.56 Å². The Hall–Kier alpha value is -2.70. The van der Waals surface area contributed by atoms with Gasteiger partial charge in [0.2, 0.25) is 0 Å². The molecule has 2 aromatic carbocycles. The Bertz CT molecular complexity index is 777. The molecule has 0 saturated carbocycles. The maximum Gasteiger partial charge on any atom is 0.338 e. The first kappa shape index (κ1) is 20.0. The molecule has 148 valence electrons. The molecular formula is C22H26N2O4. The maximum absolute atomic E-state index is 12.1. The van der Waals surface area contributed by atoms with Crippen LogP contribution < -0.4 is 5.32 Å². The van der Waals surface area contributed by atoms with Gasteiger partial charge in [0.1, 0.15) is 0 Å². The molecule has 1 saturated heterocycles. The Labute approximate surface area is 165 Å². The highest BCUT2D eigenvalue weighted by atomic mass is 16.5. The lowest BCUT2D eigenvalue weighted by Gasteiger charge is -2.16. The molecule has 1 aliphatic rings. The Balaban J connectivity index is 1.39. The summed E-state index contributed by atoms with van der Waals surface area (Å²) in [6.07, 6.45) is 0.896. The van der Waals surface area contributed by atoms with Gasteiger partial charge >= 0.3 is 5.97 Å². The van der Waals surface area contributed by atoms with E-state index in [-0.39, 0.29) is 18.6 Å². The lowest BCUT2D eigenvalue weighted by Crippen LogP contribution is -2.39. The number of methoxy groups -OCH3 is 1. The minimum Gasteiger partial charge on any atom is -0.452 e. The van der Waals surface area contributed by atoms with Crippen LogP contribution >= 0.6 is 0 Å². The van der Waals surface area contributed by atoms with Crippen molar-refractivity contribution in [1.82, 2.24) is 10.2 Å². The third-order valence-corrected chi connectivity index (χ3v) is 4.72. The standard InChI is InChI=1S/C22H26N2O4/c1-27-15-18-7-9-19(10-8-18)22(26)28-16-21(25)23-20-11-12-24(14-20)13-17-5-3-2-4-6-17/h2-10,20H,11-16H2,1H3,(H,23,25). The second kappa shape index (κ2) is 10.0. The summed E-state index contributed by atoms with van der Waals surface area (Å²) in [6, 6.07) is 17.3. The summed E-state index contributed by atoms with van der Waals surface area (Å²) in [6.45, 7) is 2.83. The van der Waals surface area contributed by atoms with Gasteiger partial charge in [0, 0.05) is 32.8 Å². The fourth-order valence-electron chi connectivity index (χ4n) is 3.32. The second-order valence-corrected chi connectivity index (χ2v) is 6.98. The molecule has 0 spiro atoms. The molecule has 2 aromatic rings. The lowest BCUT2D eigenvalue weighted by atomic mass is 10.1. The van der Waals surface area contributed by atoms with Gasteiger partial charge < -0.3 is 14.8 Å². The van der Waals surface area contributed by atoms with Crippen LogP contribution in [0.25, 0.3) is 0 Å². The smallest absolute Gasteiger partial charge is 0.338 e. The number of amides is 1. The van der Waals surface area contributed by atoms with Crippen LogP contribution in [-0.2, 0) is 27.4 Å². The molecule has 1 fully saturated rings. The van der Waals surface area contributed by atoms with Crippen LogP contribution in [0.1, 0.15) is 27.9 Å². The first-order valence-corrected chi connectivity index (χ1v) is 9.44. The largest absolute Gasteiger partial charge is 0.452 e. The molecule has 1 N–H and O–H groups in total. The summed E-state index contributed by atoms with van der Waals surface area (Å²) in [7, 11) is 1.62. The minimum atomic E-state index is -0.503. The second-order valence-electron chi connectivity index (χ2n) is 6.98. The molecule has 0 aromatic heterocycles. The molecule has 1 unspecified atom stereocenters. The maximum atomic E-state index is 12.1. The first-order valence-electron chi connectivity index (χ1n) is 9.44. The number of ether oxygens (including phenoxy) is 2. The Kier molecular flexibility index (Phi) is 7.17. The number of carbonyl (C=O) groups is 2. The predicted molar refractivity (Wildman–Crippen MR) is 106 cm³/mol. The molecule has 0 bridgehead atoms.